The predicted octanol–water partition coefficient (Wildman–Crippen LogP) is -2.50. The van der Waals surface area contributed by atoms with E-state index >= 15 is 0 Å². The minimum atomic E-state index is -1.51. The largest absolute Gasteiger partial charge is 1.00 e. The molecule has 0 aliphatic heterocycles. The molecule has 1 aromatic carbocycles. The predicted molar refractivity (Wildman–Crippen MR) is 51.7 cm³/mol. The summed E-state index contributed by atoms with van der Waals surface area (Å²) < 4.78 is 27.2. The third-order valence-corrected chi connectivity index (χ3v) is 2.27. The Kier molecular flexibility index (Phi) is 4.65. The van der Waals surface area contributed by atoms with Gasteiger partial charge in [-0.15, -0.1) is 0 Å². The summed E-state index contributed by atoms with van der Waals surface area (Å²) in [6, 6.07) is 2.75. The third kappa shape index (κ3) is 2.78. The Bertz CT molecular complexity index is 546. The van der Waals surface area contributed by atoms with Crippen molar-refractivity contribution in [2.75, 3.05) is 0 Å². The van der Waals surface area contributed by atoms with E-state index in [2.05, 4.69) is 5.10 Å². The van der Waals surface area contributed by atoms with Gasteiger partial charge in [0.15, 0.2) is 0 Å². The van der Waals surface area contributed by atoms with Crippen LogP contribution in [0.5, 0.6) is 0 Å². The fraction of sp³-hybridized carbons (Fsp3) is 0.0909. The van der Waals surface area contributed by atoms with Crippen molar-refractivity contribution < 1.29 is 37.5 Å². The van der Waals surface area contributed by atoms with Crippen LogP contribution in [-0.4, -0.2) is 15.7 Å². The van der Waals surface area contributed by atoms with E-state index in [-0.39, 0.29) is 24.4 Å². The molecule has 0 spiro atoms. The Morgan fingerprint density at radius 1 is 1.39 bits per heavy atom. The van der Waals surface area contributed by atoms with Crippen LogP contribution in [0.4, 0.5) is 8.78 Å². The van der Waals surface area contributed by atoms with E-state index in [1.165, 1.54) is 18.5 Å². The summed E-state index contributed by atoms with van der Waals surface area (Å²) in [4.78, 5) is 11.0. The van der Waals surface area contributed by atoms with Crippen LogP contribution in [0.25, 0.3) is 0 Å². The van der Waals surface area contributed by atoms with Gasteiger partial charge in [-0.25, -0.2) is 8.78 Å². The standard InChI is InChI=1S/C11H8F2N2O2.Li/c12-7-2-3-8(9(13)6-7)10(11(16)17)15-5-1-4-14-15;/h1-6,10H,(H,16,17);/q;+1/p-1. The number of aromatic nitrogens is 2. The number of benzene rings is 1. The molecular weight excluding hydrogens is 237 g/mol. The van der Waals surface area contributed by atoms with Gasteiger partial charge in [-0.3, -0.25) is 4.68 Å². The summed E-state index contributed by atoms with van der Waals surface area (Å²) in [5.41, 5.74) is -0.199. The van der Waals surface area contributed by atoms with E-state index in [1.807, 2.05) is 0 Å². The van der Waals surface area contributed by atoms with E-state index in [9.17, 15) is 18.7 Å². The molecule has 0 aliphatic carbocycles. The van der Waals surface area contributed by atoms with Crippen molar-refractivity contribution in [1.82, 2.24) is 9.78 Å². The fourth-order valence-electron chi connectivity index (χ4n) is 1.53. The van der Waals surface area contributed by atoms with Crippen molar-refractivity contribution in [2.45, 2.75) is 6.04 Å². The monoisotopic (exact) mass is 244 g/mol. The molecule has 0 bridgehead atoms. The Hall–Kier alpha value is -1.64. The van der Waals surface area contributed by atoms with Crippen LogP contribution in [0, 0.1) is 11.6 Å². The second-order valence-corrected chi connectivity index (χ2v) is 3.37. The van der Waals surface area contributed by atoms with Gasteiger partial charge >= 0.3 is 18.9 Å². The summed E-state index contributed by atoms with van der Waals surface area (Å²) in [5.74, 6) is -3.24. The first-order chi connectivity index (χ1) is 8.09. The molecule has 2 aromatic rings. The van der Waals surface area contributed by atoms with Gasteiger partial charge in [0.25, 0.3) is 0 Å². The molecule has 0 amide bonds. The van der Waals surface area contributed by atoms with Crippen LogP contribution in [-0.2, 0) is 4.79 Å². The van der Waals surface area contributed by atoms with Gasteiger partial charge in [0.2, 0.25) is 0 Å². The van der Waals surface area contributed by atoms with Gasteiger partial charge in [-0.1, -0.05) is 6.07 Å². The van der Waals surface area contributed by atoms with Gasteiger partial charge in [-0.2, -0.15) is 5.10 Å². The quantitative estimate of drug-likeness (QED) is 0.561. The third-order valence-electron chi connectivity index (χ3n) is 2.27. The van der Waals surface area contributed by atoms with Crippen LogP contribution in [0.15, 0.2) is 36.7 Å². The summed E-state index contributed by atoms with van der Waals surface area (Å²) in [5, 5.41) is 14.7. The second kappa shape index (κ2) is 5.80. The number of carboxylic acids is 1. The minimum absolute atomic E-state index is 0. The van der Waals surface area contributed by atoms with Crippen molar-refractivity contribution >= 4 is 5.97 Å². The number of hydrogen-bond acceptors (Lipinski definition) is 3. The zero-order valence-corrected chi connectivity index (χ0v) is 9.51. The van der Waals surface area contributed by atoms with Crippen molar-refractivity contribution in [2.24, 2.45) is 0 Å². The molecule has 2 rings (SSSR count). The molecule has 0 saturated carbocycles. The van der Waals surface area contributed by atoms with Gasteiger partial charge in [0.1, 0.15) is 17.7 Å². The zero-order chi connectivity index (χ0) is 12.4. The van der Waals surface area contributed by atoms with Gasteiger partial charge in [-0.05, 0) is 12.1 Å². The first kappa shape index (κ1) is 14.4. The van der Waals surface area contributed by atoms with E-state index in [0.29, 0.717) is 6.07 Å². The van der Waals surface area contributed by atoms with Crippen molar-refractivity contribution in [3.05, 3.63) is 53.9 Å². The molecule has 1 atom stereocenters. The van der Waals surface area contributed by atoms with E-state index < -0.39 is 23.6 Å². The summed E-state index contributed by atoms with van der Waals surface area (Å²) in [6.07, 6.45) is 2.72. The smallest absolute Gasteiger partial charge is 0.547 e. The number of carboxylic acid groups (broad SMARTS) is 1. The number of rotatable bonds is 3. The number of hydrogen-bond donors (Lipinski definition) is 0. The molecule has 18 heavy (non-hydrogen) atoms. The van der Waals surface area contributed by atoms with E-state index in [4.69, 9.17) is 0 Å². The average molecular weight is 244 g/mol. The maximum absolute atomic E-state index is 13.5. The molecule has 1 heterocycles. The Morgan fingerprint density at radius 2 is 2.11 bits per heavy atom. The van der Waals surface area contributed by atoms with Crippen LogP contribution < -0.4 is 24.0 Å². The number of carbonyl (C=O) groups excluding carboxylic acids is 1. The molecule has 1 aromatic heterocycles. The molecular formula is C11H7F2LiN2O2. The molecule has 0 N–H and O–H groups in total. The molecule has 88 valence electrons. The van der Waals surface area contributed by atoms with Crippen molar-refractivity contribution in [3.63, 3.8) is 0 Å². The number of halogens is 2. The number of carbonyl (C=O) groups is 1. The molecule has 0 aliphatic rings. The maximum Gasteiger partial charge on any atom is 1.00 e. The van der Waals surface area contributed by atoms with Crippen LogP contribution in [0.2, 0.25) is 0 Å². The summed E-state index contributed by atoms with van der Waals surface area (Å²) >= 11 is 0. The van der Waals surface area contributed by atoms with Crippen LogP contribution in [0.1, 0.15) is 11.6 Å². The van der Waals surface area contributed by atoms with Crippen LogP contribution in [0.3, 0.4) is 0 Å². The van der Waals surface area contributed by atoms with Crippen LogP contribution >= 0.6 is 0 Å². The van der Waals surface area contributed by atoms with E-state index in [1.54, 1.807) is 0 Å². The molecule has 1 unspecified atom stereocenters. The number of aliphatic carboxylic acids is 1. The summed E-state index contributed by atoms with van der Waals surface area (Å²) in [7, 11) is 0. The van der Waals surface area contributed by atoms with E-state index in [0.717, 1.165) is 16.8 Å². The number of nitrogens with zero attached hydrogens (tertiary/aromatic N) is 2. The fourth-order valence-corrected chi connectivity index (χ4v) is 1.53. The van der Waals surface area contributed by atoms with Gasteiger partial charge in [0, 0.05) is 24.0 Å². The van der Waals surface area contributed by atoms with Gasteiger partial charge in [0.05, 0.1) is 5.97 Å². The zero-order valence-electron chi connectivity index (χ0n) is 9.51. The Balaban J connectivity index is 0.00000162. The first-order valence-corrected chi connectivity index (χ1v) is 4.74. The minimum Gasteiger partial charge on any atom is -0.547 e. The van der Waals surface area contributed by atoms with Crippen molar-refractivity contribution in [3.8, 4) is 0 Å². The second-order valence-electron chi connectivity index (χ2n) is 3.37. The Morgan fingerprint density at radius 3 is 2.61 bits per heavy atom. The Labute approximate surface area is 113 Å². The van der Waals surface area contributed by atoms with Crippen molar-refractivity contribution in [1.29, 1.82) is 0 Å². The normalized spacial score (nSPS) is 11.7. The molecule has 7 heteroatoms. The first-order valence-electron chi connectivity index (χ1n) is 4.74. The maximum atomic E-state index is 13.5. The molecule has 4 nitrogen and oxygen atoms in total. The molecule has 0 radical (unpaired) electrons. The molecule has 0 saturated heterocycles. The van der Waals surface area contributed by atoms with Gasteiger partial charge < -0.3 is 9.90 Å². The molecule has 0 fully saturated rings. The topological polar surface area (TPSA) is 57.9 Å². The summed E-state index contributed by atoms with van der Waals surface area (Å²) in [6.45, 7) is 0. The SMILES string of the molecule is O=C([O-])C(c1ccc(F)cc1F)n1cccn1.[Li+]. The average Bonchev–Trinajstić information content (AvgIpc) is 2.74.